The number of carbonyl (C=O) groups excluding carboxylic acids is 2. The van der Waals surface area contributed by atoms with E-state index in [1.807, 2.05) is 6.92 Å². The molecule has 0 aromatic carbocycles. The van der Waals surface area contributed by atoms with Crippen molar-refractivity contribution >= 4 is 20.1 Å². The van der Waals surface area contributed by atoms with Gasteiger partial charge in [0.15, 0.2) is 8.24 Å². The van der Waals surface area contributed by atoms with Crippen molar-refractivity contribution in [2.24, 2.45) is 0 Å². The Morgan fingerprint density at radius 3 is 2.61 bits per heavy atom. The van der Waals surface area contributed by atoms with Crippen molar-refractivity contribution in [3.8, 4) is 0 Å². The highest BCUT2D eigenvalue weighted by Crippen LogP contribution is 2.26. The van der Waals surface area contributed by atoms with Crippen LogP contribution in [0.2, 0.25) is 19.6 Å². The van der Waals surface area contributed by atoms with Gasteiger partial charge in [0.05, 0.1) is 6.61 Å². The zero-order valence-electron chi connectivity index (χ0n) is 11.7. The highest BCUT2D eigenvalue weighted by molar-refractivity contribution is 6.75. The van der Waals surface area contributed by atoms with E-state index in [0.717, 1.165) is 0 Å². The normalized spacial score (nSPS) is 20.3. The Morgan fingerprint density at radius 1 is 1.39 bits per heavy atom. The Bertz CT molecular complexity index is 314. The fraction of sp³-hybridized carbons (Fsp3) is 0.833. The summed E-state index contributed by atoms with van der Waals surface area (Å²) in [5, 5.41) is 0. The number of esters is 1. The molecule has 6 heteroatoms. The summed E-state index contributed by atoms with van der Waals surface area (Å²) in [4.78, 5) is 23.8. The quantitative estimate of drug-likeness (QED) is 0.417. The third-order valence-electron chi connectivity index (χ3n) is 2.88. The van der Waals surface area contributed by atoms with Crippen LogP contribution in [0.3, 0.4) is 0 Å². The van der Waals surface area contributed by atoms with E-state index in [9.17, 15) is 9.59 Å². The Kier molecular flexibility index (Phi) is 5.34. The van der Waals surface area contributed by atoms with Gasteiger partial charge in [0.2, 0.25) is 5.91 Å². The number of nitrogens with zero attached hydrogens (tertiary/aromatic N) is 1. The molecule has 1 aliphatic rings. The average molecular weight is 273 g/mol. The molecule has 0 radical (unpaired) electrons. The second-order valence-corrected chi connectivity index (χ2v) is 10.2. The van der Waals surface area contributed by atoms with E-state index in [0.29, 0.717) is 26.1 Å². The molecule has 0 saturated carbocycles. The van der Waals surface area contributed by atoms with E-state index in [4.69, 9.17) is 9.47 Å². The highest BCUT2D eigenvalue weighted by atomic mass is 28.3. The van der Waals surface area contributed by atoms with Crippen LogP contribution in [0.4, 0.5) is 0 Å². The minimum absolute atomic E-state index is 0.0842. The summed E-state index contributed by atoms with van der Waals surface area (Å²) >= 11 is 0. The molecule has 1 saturated heterocycles. The lowest BCUT2D eigenvalue weighted by Gasteiger charge is -2.34. The molecule has 0 N–H and O–H groups in total. The van der Waals surface area contributed by atoms with Crippen LogP contribution in [-0.2, 0) is 19.1 Å². The van der Waals surface area contributed by atoms with Crippen LogP contribution >= 0.6 is 0 Å². The van der Waals surface area contributed by atoms with Crippen LogP contribution in [0.1, 0.15) is 19.8 Å². The Balaban J connectivity index is 2.54. The molecule has 1 heterocycles. The standard InChI is InChI=1S/C12H23NO4Si/c1-5-16-8-9-17-12(15)10-6-7-11(14)13(10)18(2,3)4/h10H,5-9H2,1-4H3. The maximum Gasteiger partial charge on any atom is 0.328 e. The Hall–Kier alpha value is -0.883. The fourth-order valence-electron chi connectivity index (χ4n) is 2.19. The molecule has 0 aromatic rings. The van der Waals surface area contributed by atoms with E-state index in [-0.39, 0.29) is 24.5 Å². The second-order valence-electron chi connectivity index (χ2n) is 5.35. The third kappa shape index (κ3) is 3.81. The summed E-state index contributed by atoms with van der Waals surface area (Å²) in [6.45, 7) is 9.38. The van der Waals surface area contributed by atoms with Gasteiger partial charge in [-0.1, -0.05) is 19.6 Å². The van der Waals surface area contributed by atoms with Crippen molar-refractivity contribution in [2.45, 2.75) is 45.4 Å². The monoisotopic (exact) mass is 273 g/mol. The number of ether oxygens (including phenoxy) is 2. The molecule has 18 heavy (non-hydrogen) atoms. The number of amides is 1. The van der Waals surface area contributed by atoms with Gasteiger partial charge in [0.1, 0.15) is 12.6 Å². The van der Waals surface area contributed by atoms with Crippen molar-refractivity contribution < 1.29 is 19.1 Å². The Labute approximate surface area is 110 Å². The summed E-state index contributed by atoms with van der Waals surface area (Å²) in [6, 6.07) is -0.384. The van der Waals surface area contributed by atoms with Crippen molar-refractivity contribution in [3.63, 3.8) is 0 Å². The summed E-state index contributed by atoms with van der Waals surface area (Å²) in [6.07, 6.45) is 1.03. The zero-order chi connectivity index (χ0) is 13.8. The first kappa shape index (κ1) is 15.2. The van der Waals surface area contributed by atoms with Gasteiger partial charge in [-0.3, -0.25) is 4.79 Å². The smallest absolute Gasteiger partial charge is 0.328 e. The molecule has 5 nitrogen and oxygen atoms in total. The van der Waals surface area contributed by atoms with Crippen LogP contribution < -0.4 is 0 Å². The number of carbonyl (C=O) groups is 2. The molecule has 1 atom stereocenters. The van der Waals surface area contributed by atoms with Gasteiger partial charge in [-0.2, -0.15) is 0 Å². The van der Waals surface area contributed by atoms with Gasteiger partial charge in [0.25, 0.3) is 0 Å². The molecular formula is C12H23NO4Si. The van der Waals surface area contributed by atoms with E-state index < -0.39 is 8.24 Å². The first-order valence-corrected chi connectivity index (χ1v) is 9.89. The summed E-state index contributed by atoms with van der Waals surface area (Å²) < 4.78 is 12.1. The molecule has 104 valence electrons. The van der Waals surface area contributed by atoms with Gasteiger partial charge in [-0.25, -0.2) is 4.79 Å². The zero-order valence-corrected chi connectivity index (χ0v) is 12.7. The predicted molar refractivity (Wildman–Crippen MR) is 70.7 cm³/mol. The molecule has 0 bridgehead atoms. The lowest BCUT2D eigenvalue weighted by Crippen LogP contribution is -2.54. The molecular weight excluding hydrogens is 250 g/mol. The second kappa shape index (κ2) is 6.33. The van der Waals surface area contributed by atoms with Gasteiger partial charge in [0, 0.05) is 13.0 Å². The molecule has 1 unspecified atom stereocenters. The first-order chi connectivity index (χ1) is 8.38. The van der Waals surface area contributed by atoms with E-state index in [1.165, 1.54) is 0 Å². The molecule has 0 spiro atoms. The van der Waals surface area contributed by atoms with Crippen molar-refractivity contribution in [2.75, 3.05) is 19.8 Å². The molecule has 1 rings (SSSR count). The lowest BCUT2D eigenvalue weighted by molar-refractivity contribution is -0.150. The number of hydrogen-bond acceptors (Lipinski definition) is 4. The third-order valence-corrected chi connectivity index (χ3v) is 4.89. The summed E-state index contributed by atoms with van der Waals surface area (Å²) in [5.41, 5.74) is 0. The van der Waals surface area contributed by atoms with E-state index >= 15 is 0 Å². The number of hydrogen-bond donors (Lipinski definition) is 0. The topological polar surface area (TPSA) is 55.8 Å². The van der Waals surface area contributed by atoms with Crippen LogP contribution in [0, 0.1) is 0 Å². The highest BCUT2D eigenvalue weighted by Gasteiger charge is 2.43. The maximum absolute atomic E-state index is 12.0. The maximum atomic E-state index is 12.0. The summed E-state index contributed by atoms with van der Waals surface area (Å²) in [5.74, 6) is -0.205. The molecule has 1 amide bonds. The predicted octanol–water partition coefficient (Wildman–Crippen LogP) is 1.39. The van der Waals surface area contributed by atoms with Crippen LogP contribution in [-0.4, -0.2) is 50.5 Å². The van der Waals surface area contributed by atoms with Crippen molar-refractivity contribution in [1.82, 2.24) is 4.57 Å². The largest absolute Gasteiger partial charge is 0.462 e. The molecule has 1 aliphatic heterocycles. The van der Waals surface area contributed by atoms with Crippen molar-refractivity contribution in [1.29, 1.82) is 0 Å². The minimum Gasteiger partial charge on any atom is -0.462 e. The Morgan fingerprint density at radius 2 is 2.06 bits per heavy atom. The van der Waals surface area contributed by atoms with Crippen LogP contribution in [0.25, 0.3) is 0 Å². The summed E-state index contributed by atoms with van der Waals surface area (Å²) in [7, 11) is -1.82. The van der Waals surface area contributed by atoms with E-state index in [2.05, 4.69) is 19.6 Å². The molecule has 1 fully saturated rings. The van der Waals surface area contributed by atoms with E-state index in [1.54, 1.807) is 4.57 Å². The lowest BCUT2D eigenvalue weighted by atomic mass is 10.2. The SMILES string of the molecule is CCOCCOC(=O)C1CCC(=O)N1[Si](C)(C)C. The van der Waals surface area contributed by atoms with Gasteiger partial charge < -0.3 is 14.0 Å². The van der Waals surface area contributed by atoms with Crippen LogP contribution in [0.15, 0.2) is 0 Å². The molecule has 0 aromatic heterocycles. The molecule has 0 aliphatic carbocycles. The number of rotatable bonds is 6. The van der Waals surface area contributed by atoms with Crippen LogP contribution in [0.5, 0.6) is 0 Å². The van der Waals surface area contributed by atoms with Crippen molar-refractivity contribution in [3.05, 3.63) is 0 Å². The first-order valence-electron chi connectivity index (χ1n) is 6.44. The van der Waals surface area contributed by atoms with Gasteiger partial charge in [-0.05, 0) is 13.3 Å². The van der Waals surface area contributed by atoms with Gasteiger partial charge in [-0.15, -0.1) is 0 Å². The fourth-order valence-corrected chi connectivity index (χ4v) is 4.22. The average Bonchev–Trinajstić information content (AvgIpc) is 2.66. The van der Waals surface area contributed by atoms with Gasteiger partial charge >= 0.3 is 5.97 Å². The minimum atomic E-state index is -1.82.